The van der Waals surface area contributed by atoms with E-state index in [0.717, 1.165) is 10.0 Å². The Morgan fingerprint density at radius 3 is 2.53 bits per heavy atom. The first-order valence-corrected chi connectivity index (χ1v) is 11.4. The SMILES string of the molecule is O=C(NCCNc1cc(-c2ccccc2Cl)nc2c(Br)cnn12)Nc1cc(Cl)cc(Cl)c1. The van der Waals surface area contributed by atoms with E-state index in [-0.39, 0.29) is 6.03 Å². The number of nitrogens with zero attached hydrogens (tertiary/aromatic N) is 3. The van der Waals surface area contributed by atoms with E-state index in [4.69, 9.17) is 34.8 Å². The number of benzene rings is 2. The quantitative estimate of drug-likeness (QED) is 0.243. The molecule has 0 radical (unpaired) electrons. The third kappa shape index (κ3) is 5.27. The summed E-state index contributed by atoms with van der Waals surface area (Å²) in [7, 11) is 0. The Morgan fingerprint density at radius 2 is 1.78 bits per heavy atom. The van der Waals surface area contributed by atoms with Gasteiger partial charge in [-0.3, -0.25) is 0 Å². The summed E-state index contributed by atoms with van der Waals surface area (Å²) in [5.74, 6) is 0.708. The molecular formula is C21H16BrCl3N6O. The molecule has 0 aliphatic heterocycles. The summed E-state index contributed by atoms with van der Waals surface area (Å²) in [5.41, 5.74) is 2.67. The molecule has 0 atom stereocenters. The smallest absolute Gasteiger partial charge is 0.319 e. The monoisotopic (exact) mass is 552 g/mol. The van der Waals surface area contributed by atoms with Crippen LogP contribution in [0.25, 0.3) is 16.9 Å². The zero-order valence-corrected chi connectivity index (χ0v) is 20.2. The Morgan fingerprint density at radius 1 is 1.03 bits per heavy atom. The number of carbonyl (C=O) groups excluding carboxylic acids is 1. The average Bonchev–Trinajstić information content (AvgIpc) is 3.11. The normalized spacial score (nSPS) is 10.9. The fourth-order valence-corrected chi connectivity index (χ4v) is 4.14. The summed E-state index contributed by atoms with van der Waals surface area (Å²) >= 11 is 21.7. The molecule has 32 heavy (non-hydrogen) atoms. The summed E-state index contributed by atoms with van der Waals surface area (Å²) in [4.78, 5) is 16.8. The number of hydrogen-bond donors (Lipinski definition) is 3. The second-order valence-corrected chi connectivity index (χ2v) is 8.83. The van der Waals surface area contributed by atoms with Crippen molar-refractivity contribution in [1.82, 2.24) is 19.9 Å². The number of halogens is 4. The van der Waals surface area contributed by atoms with E-state index in [1.54, 1.807) is 28.9 Å². The molecule has 0 aliphatic rings. The Bertz CT molecular complexity index is 1280. The van der Waals surface area contributed by atoms with Crippen molar-refractivity contribution in [3.05, 3.63) is 74.3 Å². The Labute approximate surface area is 207 Å². The van der Waals surface area contributed by atoms with Gasteiger partial charge in [-0.1, -0.05) is 53.0 Å². The number of carbonyl (C=O) groups is 1. The van der Waals surface area contributed by atoms with E-state index in [9.17, 15) is 4.79 Å². The predicted octanol–water partition coefficient (Wildman–Crippen LogP) is 6.35. The Balaban J connectivity index is 1.44. The Hall–Kier alpha value is -2.52. The van der Waals surface area contributed by atoms with Crippen molar-refractivity contribution < 1.29 is 4.79 Å². The van der Waals surface area contributed by atoms with E-state index in [2.05, 4.69) is 42.0 Å². The van der Waals surface area contributed by atoms with Crippen molar-refractivity contribution in [2.24, 2.45) is 0 Å². The molecule has 4 rings (SSSR count). The minimum Gasteiger partial charge on any atom is -0.368 e. The summed E-state index contributed by atoms with van der Waals surface area (Å²) in [6.45, 7) is 0.802. The predicted molar refractivity (Wildman–Crippen MR) is 133 cm³/mol. The highest BCUT2D eigenvalue weighted by Crippen LogP contribution is 2.30. The number of aromatic nitrogens is 3. The molecule has 0 bridgehead atoms. The number of urea groups is 1. The van der Waals surface area contributed by atoms with Crippen LogP contribution in [0.15, 0.2) is 59.2 Å². The standard InChI is InChI=1S/C21H16BrCl3N6O/c22-16-11-28-31-19(10-18(30-20(16)31)15-3-1-2-4-17(15)25)26-5-6-27-21(32)29-14-8-12(23)7-13(24)9-14/h1-4,7-11,26H,5-6H2,(H2,27,29,32). The molecule has 2 aromatic heterocycles. The first kappa shape index (κ1) is 22.7. The molecule has 7 nitrogen and oxygen atoms in total. The lowest BCUT2D eigenvalue weighted by Crippen LogP contribution is -2.32. The van der Waals surface area contributed by atoms with Gasteiger partial charge in [-0.2, -0.15) is 9.61 Å². The van der Waals surface area contributed by atoms with Crippen molar-refractivity contribution >= 4 is 73.9 Å². The van der Waals surface area contributed by atoms with E-state index in [0.29, 0.717) is 51.0 Å². The molecule has 0 unspecified atom stereocenters. The highest BCUT2D eigenvalue weighted by atomic mass is 79.9. The number of hydrogen-bond acceptors (Lipinski definition) is 4. The third-order valence-electron chi connectivity index (χ3n) is 4.42. The van der Waals surface area contributed by atoms with Crippen LogP contribution < -0.4 is 16.0 Å². The fourth-order valence-electron chi connectivity index (χ4n) is 3.04. The van der Waals surface area contributed by atoms with Gasteiger partial charge in [-0.25, -0.2) is 9.78 Å². The van der Waals surface area contributed by atoms with Crippen LogP contribution in [0, 0.1) is 0 Å². The van der Waals surface area contributed by atoms with E-state index in [1.165, 1.54) is 0 Å². The van der Waals surface area contributed by atoms with Crippen LogP contribution in [0.4, 0.5) is 16.3 Å². The summed E-state index contributed by atoms with van der Waals surface area (Å²) < 4.78 is 2.44. The van der Waals surface area contributed by atoms with Crippen molar-refractivity contribution in [1.29, 1.82) is 0 Å². The van der Waals surface area contributed by atoms with Crippen LogP contribution in [0.3, 0.4) is 0 Å². The molecule has 164 valence electrons. The zero-order chi connectivity index (χ0) is 22.7. The van der Waals surface area contributed by atoms with Crippen LogP contribution in [-0.4, -0.2) is 33.7 Å². The van der Waals surface area contributed by atoms with Crippen molar-refractivity contribution in [3.8, 4) is 11.3 Å². The maximum Gasteiger partial charge on any atom is 0.319 e. The number of anilines is 2. The van der Waals surface area contributed by atoms with Gasteiger partial charge in [0.1, 0.15) is 5.82 Å². The van der Waals surface area contributed by atoms with Gasteiger partial charge < -0.3 is 16.0 Å². The highest BCUT2D eigenvalue weighted by molar-refractivity contribution is 9.10. The lowest BCUT2D eigenvalue weighted by Gasteiger charge is -2.12. The van der Waals surface area contributed by atoms with Crippen LogP contribution in [0.1, 0.15) is 0 Å². The molecular weight excluding hydrogens is 539 g/mol. The van der Waals surface area contributed by atoms with Crippen molar-refractivity contribution in [3.63, 3.8) is 0 Å². The van der Waals surface area contributed by atoms with Gasteiger partial charge in [0.05, 0.1) is 16.4 Å². The van der Waals surface area contributed by atoms with Gasteiger partial charge in [-0.05, 0) is 40.2 Å². The van der Waals surface area contributed by atoms with E-state index >= 15 is 0 Å². The van der Waals surface area contributed by atoms with Crippen LogP contribution >= 0.6 is 50.7 Å². The van der Waals surface area contributed by atoms with Crippen molar-refractivity contribution in [2.45, 2.75) is 0 Å². The molecule has 0 spiro atoms. The average molecular weight is 555 g/mol. The Kier molecular flexibility index (Phi) is 7.05. The van der Waals surface area contributed by atoms with Crippen LogP contribution in [0.2, 0.25) is 15.1 Å². The van der Waals surface area contributed by atoms with Gasteiger partial charge >= 0.3 is 6.03 Å². The third-order valence-corrected chi connectivity index (χ3v) is 5.74. The van der Waals surface area contributed by atoms with Gasteiger partial charge in [0, 0.05) is 45.5 Å². The number of fused-ring (bicyclic) bond motifs is 1. The number of nitrogens with one attached hydrogen (secondary N) is 3. The second kappa shape index (κ2) is 9.95. The molecule has 2 amide bonds. The lowest BCUT2D eigenvalue weighted by atomic mass is 10.1. The zero-order valence-electron chi connectivity index (χ0n) is 16.4. The largest absolute Gasteiger partial charge is 0.368 e. The first-order valence-electron chi connectivity index (χ1n) is 9.45. The molecule has 3 N–H and O–H groups in total. The van der Waals surface area contributed by atoms with Crippen molar-refractivity contribution in [2.75, 3.05) is 23.7 Å². The molecule has 0 aliphatic carbocycles. The first-order chi connectivity index (χ1) is 15.4. The highest BCUT2D eigenvalue weighted by Gasteiger charge is 2.13. The van der Waals surface area contributed by atoms with Gasteiger partial charge in [0.15, 0.2) is 5.65 Å². The lowest BCUT2D eigenvalue weighted by molar-refractivity contribution is 0.252. The summed E-state index contributed by atoms with van der Waals surface area (Å²) in [6.07, 6.45) is 1.67. The second-order valence-electron chi connectivity index (χ2n) is 6.70. The minimum absolute atomic E-state index is 0.355. The molecule has 4 aromatic rings. The van der Waals surface area contributed by atoms with Crippen LogP contribution in [0.5, 0.6) is 0 Å². The van der Waals surface area contributed by atoms with Gasteiger partial charge in [0.2, 0.25) is 0 Å². The topological polar surface area (TPSA) is 83.3 Å². The molecule has 0 saturated carbocycles. The number of amides is 2. The molecule has 2 aromatic carbocycles. The van der Waals surface area contributed by atoms with Gasteiger partial charge in [0.25, 0.3) is 0 Å². The minimum atomic E-state index is -0.372. The molecule has 2 heterocycles. The molecule has 0 saturated heterocycles. The molecule has 0 fully saturated rings. The maximum atomic E-state index is 12.2. The van der Waals surface area contributed by atoms with E-state index in [1.807, 2.05) is 30.3 Å². The van der Waals surface area contributed by atoms with E-state index < -0.39 is 0 Å². The number of rotatable bonds is 6. The summed E-state index contributed by atoms with van der Waals surface area (Å²) in [6, 6.07) is 13.8. The molecule has 11 heteroatoms. The fraction of sp³-hybridized carbons (Fsp3) is 0.0952. The van der Waals surface area contributed by atoms with Crippen LogP contribution in [-0.2, 0) is 0 Å². The maximum absolute atomic E-state index is 12.2. The summed E-state index contributed by atoms with van der Waals surface area (Å²) in [5, 5.41) is 14.6. The van der Waals surface area contributed by atoms with Gasteiger partial charge in [-0.15, -0.1) is 0 Å².